The zero-order valence-electron chi connectivity index (χ0n) is 9.96. The Balaban J connectivity index is 2.29. The molecule has 0 amide bonds. The summed E-state index contributed by atoms with van der Waals surface area (Å²) in [6, 6.07) is 3.89. The molecule has 1 aromatic heterocycles. The highest BCUT2D eigenvalue weighted by Gasteiger charge is 2.20. The lowest BCUT2D eigenvalue weighted by atomic mass is 10.1. The van der Waals surface area contributed by atoms with E-state index in [1.54, 1.807) is 11.3 Å². The molecule has 0 aliphatic heterocycles. The fourth-order valence-electron chi connectivity index (χ4n) is 1.64. The molecule has 1 rings (SSSR count). The smallest absolute Gasteiger partial charge is 0.0931 e. The first-order chi connectivity index (χ1) is 7.39. The topological polar surface area (TPSA) is 35.5 Å². The highest BCUT2D eigenvalue weighted by Crippen LogP contribution is 2.21. The predicted octanol–water partition coefficient (Wildman–Crippen LogP) is 1.80. The molecule has 16 heavy (non-hydrogen) atoms. The first kappa shape index (κ1) is 13.9. The first-order valence-electron chi connectivity index (χ1n) is 5.21. The van der Waals surface area contributed by atoms with Crippen LogP contribution in [0.25, 0.3) is 0 Å². The van der Waals surface area contributed by atoms with E-state index in [0.29, 0.717) is 13.1 Å². The molecule has 0 saturated carbocycles. The maximum Gasteiger partial charge on any atom is 0.0931 e. The van der Waals surface area contributed by atoms with Gasteiger partial charge in [0, 0.05) is 24.5 Å². The molecule has 5 heteroatoms. The summed E-state index contributed by atoms with van der Waals surface area (Å²) < 4.78 is 0.803. The Hall–Kier alpha value is -0.130. The normalized spacial score (nSPS) is 15.4. The fourth-order valence-corrected chi connectivity index (χ4v) is 2.70. The highest BCUT2D eigenvalue weighted by atomic mass is 35.5. The third-order valence-electron chi connectivity index (χ3n) is 2.09. The predicted molar refractivity (Wildman–Crippen MR) is 70.2 cm³/mol. The lowest BCUT2D eigenvalue weighted by molar-refractivity contribution is 0.0336. The summed E-state index contributed by atoms with van der Waals surface area (Å²) in [5, 5.41) is 13.3. The molecule has 0 radical (unpaired) electrons. The number of thiophene rings is 1. The van der Waals surface area contributed by atoms with Crippen LogP contribution in [0.15, 0.2) is 12.1 Å². The standard InChI is InChI=1S/C11H19ClN2OS/c1-11(15,8-14(2)3)7-13-6-9-4-5-10(12)16-9/h4-5,13,15H,6-8H2,1-3H3. The van der Waals surface area contributed by atoms with Crippen LogP contribution in [0.2, 0.25) is 4.34 Å². The summed E-state index contributed by atoms with van der Waals surface area (Å²) in [5.74, 6) is 0. The maximum absolute atomic E-state index is 10.0. The Labute approximate surface area is 106 Å². The fraction of sp³-hybridized carbons (Fsp3) is 0.636. The van der Waals surface area contributed by atoms with Gasteiger partial charge in [-0.3, -0.25) is 0 Å². The van der Waals surface area contributed by atoms with Gasteiger partial charge < -0.3 is 15.3 Å². The van der Waals surface area contributed by atoms with Crippen molar-refractivity contribution in [1.29, 1.82) is 0 Å². The van der Waals surface area contributed by atoms with E-state index >= 15 is 0 Å². The first-order valence-corrected chi connectivity index (χ1v) is 6.40. The number of rotatable bonds is 6. The van der Waals surface area contributed by atoms with Gasteiger partial charge in [0.1, 0.15) is 0 Å². The van der Waals surface area contributed by atoms with Gasteiger partial charge in [0.05, 0.1) is 9.94 Å². The molecule has 1 unspecified atom stereocenters. The largest absolute Gasteiger partial charge is 0.388 e. The van der Waals surface area contributed by atoms with Crippen molar-refractivity contribution in [3.63, 3.8) is 0 Å². The van der Waals surface area contributed by atoms with Crippen LogP contribution >= 0.6 is 22.9 Å². The van der Waals surface area contributed by atoms with Gasteiger partial charge in [-0.1, -0.05) is 11.6 Å². The number of hydrogen-bond donors (Lipinski definition) is 2. The average molecular weight is 263 g/mol. The van der Waals surface area contributed by atoms with E-state index in [-0.39, 0.29) is 0 Å². The van der Waals surface area contributed by atoms with E-state index in [1.165, 1.54) is 4.88 Å². The van der Waals surface area contributed by atoms with Crippen molar-refractivity contribution in [2.75, 3.05) is 27.2 Å². The van der Waals surface area contributed by atoms with E-state index < -0.39 is 5.60 Å². The molecule has 3 nitrogen and oxygen atoms in total. The third kappa shape index (κ3) is 5.27. The molecule has 0 fully saturated rings. The lowest BCUT2D eigenvalue weighted by Crippen LogP contribution is -2.45. The van der Waals surface area contributed by atoms with Gasteiger partial charge in [-0.15, -0.1) is 11.3 Å². The molecule has 0 aliphatic rings. The minimum Gasteiger partial charge on any atom is -0.388 e. The van der Waals surface area contributed by atoms with Gasteiger partial charge in [-0.25, -0.2) is 0 Å². The van der Waals surface area contributed by atoms with Crippen molar-refractivity contribution in [3.8, 4) is 0 Å². The van der Waals surface area contributed by atoms with Gasteiger partial charge in [-0.05, 0) is 33.2 Å². The number of nitrogens with zero attached hydrogens (tertiary/aromatic N) is 1. The molecule has 1 atom stereocenters. The summed E-state index contributed by atoms with van der Waals surface area (Å²) in [7, 11) is 3.90. The summed E-state index contributed by atoms with van der Waals surface area (Å²) in [4.78, 5) is 3.16. The third-order valence-corrected chi connectivity index (χ3v) is 3.32. The summed E-state index contributed by atoms with van der Waals surface area (Å²) in [6.45, 7) is 3.80. The Kier molecular flexibility index (Phi) is 5.21. The Morgan fingerprint density at radius 1 is 1.50 bits per heavy atom. The van der Waals surface area contributed by atoms with Gasteiger partial charge >= 0.3 is 0 Å². The molecule has 2 N–H and O–H groups in total. The van der Waals surface area contributed by atoms with Crippen molar-refractivity contribution in [1.82, 2.24) is 10.2 Å². The van der Waals surface area contributed by atoms with Crippen LogP contribution in [0, 0.1) is 0 Å². The van der Waals surface area contributed by atoms with Gasteiger partial charge in [0.15, 0.2) is 0 Å². The van der Waals surface area contributed by atoms with Crippen molar-refractivity contribution in [2.45, 2.75) is 19.1 Å². The summed E-state index contributed by atoms with van der Waals surface area (Å²) in [6.07, 6.45) is 0. The van der Waals surface area contributed by atoms with Crippen molar-refractivity contribution in [3.05, 3.63) is 21.3 Å². The van der Waals surface area contributed by atoms with Crippen LogP contribution in [0.4, 0.5) is 0 Å². The van der Waals surface area contributed by atoms with Gasteiger partial charge in [0.2, 0.25) is 0 Å². The molecule has 92 valence electrons. The van der Waals surface area contributed by atoms with Crippen LogP contribution in [-0.4, -0.2) is 42.8 Å². The summed E-state index contributed by atoms with van der Waals surface area (Å²) in [5.41, 5.74) is -0.704. The Bertz CT molecular complexity index is 326. The Morgan fingerprint density at radius 2 is 2.19 bits per heavy atom. The number of likely N-dealkylation sites (N-methyl/N-ethyl adjacent to an activating group) is 1. The molecule has 0 spiro atoms. The zero-order chi connectivity index (χ0) is 12.2. The van der Waals surface area contributed by atoms with Crippen LogP contribution < -0.4 is 5.32 Å². The Morgan fingerprint density at radius 3 is 2.69 bits per heavy atom. The van der Waals surface area contributed by atoms with Gasteiger partial charge in [-0.2, -0.15) is 0 Å². The van der Waals surface area contributed by atoms with Crippen molar-refractivity contribution >= 4 is 22.9 Å². The quantitative estimate of drug-likeness (QED) is 0.821. The molecule has 0 saturated heterocycles. The van der Waals surface area contributed by atoms with Crippen LogP contribution in [0.3, 0.4) is 0 Å². The van der Waals surface area contributed by atoms with Crippen LogP contribution in [-0.2, 0) is 6.54 Å². The molecular weight excluding hydrogens is 244 g/mol. The monoisotopic (exact) mass is 262 g/mol. The average Bonchev–Trinajstić information content (AvgIpc) is 2.48. The molecule has 0 aliphatic carbocycles. The minimum atomic E-state index is -0.704. The molecular formula is C11H19ClN2OS. The van der Waals surface area contributed by atoms with Crippen molar-refractivity contribution in [2.24, 2.45) is 0 Å². The van der Waals surface area contributed by atoms with E-state index in [2.05, 4.69) is 5.32 Å². The van der Waals surface area contributed by atoms with Gasteiger partial charge in [0.25, 0.3) is 0 Å². The maximum atomic E-state index is 10.0. The van der Waals surface area contributed by atoms with E-state index in [9.17, 15) is 5.11 Å². The van der Waals surface area contributed by atoms with E-state index in [4.69, 9.17) is 11.6 Å². The second-order valence-electron chi connectivity index (χ2n) is 4.54. The van der Waals surface area contributed by atoms with E-state index in [1.807, 2.05) is 38.1 Å². The second-order valence-corrected chi connectivity index (χ2v) is 6.34. The minimum absolute atomic E-state index is 0.570. The number of hydrogen-bond acceptors (Lipinski definition) is 4. The highest BCUT2D eigenvalue weighted by molar-refractivity contribution is 7.16. The van der Waals surface area contributed by atoms with Crippen LogP contribution in [0.5, 0.6) is 0 Å². The number of aliphatic hydroxyl groups is 1. The van der Waals surface area contributed by atoms with Crippen LogP contribution in [0.1, 0.15) is 11.8 Å². The molecule has 0 bridgehead atoms. The number of nitrogens with one attached hydrogen (secondary N) is 1. The lowest BCUT2D eigenvalue weighted by Gasteiger charge is -2.27. The van der Waals surface area contributed by atoms with E-state index in [0.717, 1.165) is 10.9 Å². The number of halogens is 1. The zero-order valence-corrected chi connectivity index (χ0v) is 11.5. The SMILES string of the molecule is CN(C)CC(C)(O)CNCc1ccc(Cl)s1. The second kappa shape index (κ2) is 5.98. The molecule has 1 heterocycles. The molecule has 1 aromatic rings. The summed E-state index contributed by atoms with van der Waals surface area (Å²) >= 11 is 7.40. The molecule has 0 aromatic carbocycles. The van der Waals surface area contributed by atoms with Crippen molar-refractivity contribution < 1.29 is 5.11 Å².